The maximum atomic E-state index is 13.6. The Morgan fingerprint density at radius 2 is 1.73 bits per heavy atom. The highest BCUT2D eigenvalue weighted by molar-refractivity contribution is 7.89. The molecule has 3 aromatic rings. The van der Waals surface area contributed by atoms with E-state index in [1.807, 2.05) is 32.2 Å². The number of nitrogens with zero attached hydrogens (tertiary/aromatic N) is 2. The van der Waals surface area contributed by atoms with Gasteiger partial charge >= 0.3 is 0 Å². The molecular formula is C32H38N2O5S. The Labute approximate surface area is 238 Å². The van der Waals surface area contributed by atoms with Crippen molar-refractivity contribution in [2.45, 2.75) is 50.5 Å². The molecule has 212 valence electrons. The van der Waals surface area contributed by atoms with Crippen LogP contribution in [0.2, 0.25) is 0 Å². The van der Waals surface area contributed by atoms with Gasteiger partial charge in [0.15, 0.2) is 0 Å². The van der Waals surface area contributed by atoms with E-state index in [9.17, 15) is 18.6 Å². The van der Waals surface area contributed by atoms with Gasteiger partial charge in [-0.25, -0.2) is 8.42 Å². The van der Waals surface area contributed by atoms with E-state index in [4.69, 9.17) is 4.74 Å². The highest BCUT2D eigenvalue weighted by Gasteiger charge is 2.38. The zero-order valence-corrected chi connectivity index (χ0v) is 24.3. The third kappa shape index (κ3) is 7.11. The summed E-state index contributed by atoms with van der Waals surface area (Å²) in [6.45, 7) is 6.44. The number of sulfonamides is 1. The van der Waals surface area contributed by atoms with Crippen molar-refractivity contribution in [1.82, 2.24) is 9.21 Å². The van der Waals surface area contributed by atoms with Crippen LogP contribution in [0.3, 0.4) is 0 Å². The molecule has 0 unspecified atom stereocenters. The molecule has 0 fully saturated rings. The van der Waals surface area contributed by atoms with Crippen molar-refractivity contribution in [3.05, 3.63) is 83.9 Å². The van der Waals surface area contributed by atoms with Crippen LogP contribution in [0.25, 0.3) is 11.1 Å². The molecule has 0 saturated heterocycles. The van der Waals surface area contributed by atoms with Crippen LogP contribution in [-0.2, 0) is 16.6 Å². The Morgan fingerprint density at radius 3 is 2.38 bits per heavy atom. The second-order valence-corrected chi connectivity index (χ2v) is 12.5. The Morgan fingerprint density at radius 1 is 1.05 bits per heavy atom. The summed E-state index contributed by atoms with van der Waals surface area (Å²) in [5.74, 6) is 5.64. The van der Waals surface area contributed by atoms with Crippen molar-refractivity contribution in [3.8, 4) is 28.7 Å². The van der Waals surface area contributed by atoms with Gasteiger partial charge in [0.1, 0.15) is 22.9 Å². The molecule has 1 aliphatic rings. The van der Waals surface area contributed by atoms with E-state index in [0.717, 1.165) is 11.1 Å². The van der Waals surface area contributed by atoms with Gasteiger partial charge in [-0.3, -0.25) is 4.90 Å². The second kappa shape index (κ2) is 13.0. The summed E-state index contributed by atoms with van der Waals surface area (Å²) >= 11 is 0. The number of benzene rings is 3. The third-order valence-electron chi connectivity index (χ3n) is 7.10. The number of hydrogen-bond acceptors (Lipinski definition) is 6. The summed E-state index contributed by atoms with van der Waals surface area (Å²) in [7, 11) is -1.90. The van der Waals surface area contributed by atoms with Crippen molar-refractivity contribution in [2.75, 3.05) is 26.7 Å². The van der Waals surface area contributed by atoms with Gasteiger partial charge in [0, 0.05) is 37.2 Å². The average Bonchev–Trinajstić information content (AvgIpc) is 2.94. The summed E-state index contributed by atoms with van der Waals surface area (Å²) in [4.78, 5) is 2.22. The van der Waals surface area contributed by atoms with E-state index in [1.165, 1.54) is 15.9 Å². The molecule has 0 aromatic heterocycles. The van der Waals surface area contributed by atoms with E-state index < -0.39 is 22.2 Å². The smallest absolute Gasteiger partial charge is 0.247 e. The Hall–Kier alpha value is -3.19. The first-order valence-corrected chi connectivity index (χ1v) is 15.0. The Balaban J connectivity index is 1.59. The fourth-order valence-corrected chi connectivity index (χ4v) is 6.65. The third-order valence-corrected chi connectivity index (χ3v) is 9.12. The van der Waals surface area contributed by atoms with Gasteiger partial charge in [0.05, 0.1) is 6.61 Å². The van der Waals surface area contributed by atoms with Gasteiger partial charge in [-0.15, -0.1) is 0 Å². The fourth-order valence-electron chi connectivity index (χ4n) is 4.83. The fraction of sp³-hybridized carbons (Fsp3) is 0.375. The quantitative estimate of drug-likeness (QED) is 0.424. The number of hydrogen-bond donors (Lipinski definition) is 2. The van der Waals surface area contributed by atoms with Crippen molar-refractivity contribution in [2.24, 2.45) is 5.92 Å². The SMILES string of the molecule is C[C@H](O)C#Cc1ccc2c(c1)O[C@@H](CN(C)Cc1ccc(-c3ccccc3)cc1)[C@H](C)CN([C@@H](C)CO)S2(=O)=O. The highest BCUT2D eigenvalue weighted by Crippen LogP contribution is 2.34. The molecule has 7 nitrogen and oxygen atoms in total. The van der Waals surface area contributed by atoms with E-state index in [-0.39, 0.29) is 35.8 Å². The molecule has 0 radical (unpaired) electrons. The van der Waals surface area contributed by atoms with Gasteiger partial charge in [0.2, 0.25) is 10.0 Å². The monoisotopic (exact) mass is 562 g/mol. The number of likely N-dealkylation sites (N-methyl/N-ethyl adjacent to an activating group) is 1. The number of aliphatic hydroxyl groups excluding tert-OH is 2. The maximum absolute atomic E-state index is 13.6. The molecule has 0 spiro atoms. The largest absolute Gasteiger partial charge is 0.487 e. The van der Waals surface area contributed by atoms with Crippen molar-refractivity contribution >= 4 is 10.0 Å². The summed E-state index contributed by atoms with van der Waals surface area (Å²) in [5, 5.41) is 19.4. The Kier molecular flexibility index (Phi) is 9.67. The van der Waals surface area contributed by atoms with Crippen molar-refractivity contribution < 1.29 is 23.4 Å². The van der Waals surface area contributed by atoms with E-state index in [1.54, 1.807) is 26.0 Å². The van der Waals surface area contributed by atoms with Crippen molar-refractivity contribution in [3.63, 3.8) is 0 Å². The molecule has 3 aromatic carbocycles. The van der Waals surface area contributed by atoms with Crippen LogP contribution in [0.1, 0.15) is 31.9 Å². The average molecular weight is 563 g/mol. The molecule has 0 bridgehead atoms. The van der Waals surface area contributed by atoms with Gasteiger partial charge in [-0.2, -0.15) is 4.31 Å². The molecule has 0 saturated carbocycles. The van der Waals surface area contributed by atoms with Crippen LogP contribution in [0.4, 0.5) is 0 Å². The summed E-state index contributed by atoms with van der Waals surface area (Å²) in [6.07, 6.45) is -1.13. The van der Waals surface area contributed by atoms with Crippen LogP contribution in [0.5, 0.6) is 5.75 Å². The van der Waals surface area contributed by atoms with Gasteiger partial charge in [-0.1, -0.05) is 73.4 Å². The predicted molar refractivity (Wildman–Crippen MR) is 157 cm³/mol. The lowest BCUT2D eigenvalue weighted by Gasteiger charge is -2.37. The summed E-state index contributed by atoms with van der Waals surface area (Å²) in [6, 6.07) is 22.9. The first-order valence-electron chi connectivity index (χ1n) is 13.5. The molecular weight excluding hydrogens is 524 g/mol. The standard InChI is InChI=1S/C32H38N2O5S/c1-23-19-34(24(2)22-35)40(37,38)32-17-14-26(11-10-25(3)36)18-30(32)39-31(23)21-33(4)20-27-12-15-29(16-13-27)28-8-6-5-7-9-28/h5-9,12-18,23-25,31,35-36H,19-22H2,1-4H3/t23-,24+,25+,31+/m1/s1. The van der Waals surface area contributed by atoms with Gasteiger partial charge in [-0.05, 0) is 55.8 Å². The van der Waals surface area contributed by atoms with Crippen LogP contribution in [-0.4, -0.2) is 72.8 Å². The molecule has 1 heterocycles. The number of ether oxygens (including phenoxy) is 1. The first-order chi connectivity index (χ1) is 19.1. The highest BCUT2D eigenvalue weighted by atomic mass is 32.2. The number of rotatable bonds is 7. The molecule has 0 amide bonds. The minimum Gasteiger partial charge on any atom is -0.487 e. The summed E-state index contributed by atoms with van der Waals surface area (Å²) in [5.41, 5.74) is 4.05. The first kappa shape index (κ1) is 29.8. The van der Waals surface area contributed by atoms with Gasteiger partial charge < -0.3 is 14.9 Å². The zero-order valence-electron chi connectivity index (χ0n) is 23.5. The van der Waals surface area contributed by atoms with E-state index in [0.29, 0.717) is 18.7 Å². The normalized spacial score (nSPS) is 20.3. The predicted octanol–water partition coefficient (Wildman–Crippen LogP) is 3.99. The molecule has 1 aliphatic heterocycles. The van der Waals surface area contributed by atoms with E-state index in [2.05, 4.69) is 53.1 Å². The topological polar surface area (TPSA) is 90.3 Å². The maximum Gasteiger partial charge on any atom is 0.247 e. The molecule has 4 rings (SSSR count). The minimum absolute atomic E-state index is 0.0476. The second-order valence-electron chi connectivity index (χ2n) is 10.6. The van der Waals surface area contributed by atoms with Crippen LogP contribution < -0.4 is 4.74 Å². The zero-order chi connectivity index (χ0) is 28.9. The lowest BCUT2D eigenvalue weighted by Crippen LogP contribution is -2.49. The van der Waals surface area contributed by atoms with Crippen molar-refractivity contribution in [1.29, 1.82) is 0 Å². The minimum atomic E-state index is -3.93. The lowest BCUT2D eigenvalue weighted by molar-refractivity contribution is 0.0733. The molecule has 4 atom stereocenters. The van der Waals surface area contributed by atoms with Crippen LogP contribution in [0, 0.1) is 17.8 Å². The summed E-state index contributed by atoms with van der Waals surface area (Å²) < 4.78 is 35.1. The van der Waals surface area contributed by atoms with E-state index >= 15 is 0 Å². The molecule has 0 aliphatic carbocycles. The number of aliphatic hydroxyl groups is 2. The number of fused-ring (bicyclic) bond motifs is 1. The molecule has 2 N–H and O–H groups in total. The lowest BCUT2D eigenvalue weighted by atomic mass is 10.0. The van der Waals surface area contributed by atoms with Gasteiger partial charge in [0.25, 0.3) is 0 Å². The molecule has 40 heavy (non-hydrogen) atoms. The van der Waals surface area contributed by atoms with Crippen LogP contribution >= 0.6 is 0 Å². The molecule has 8 heteroatoms. The Bertz CT molecular complexity index is 1450. The van der Waals surface area contributed by atoms with Crippen LogP contribution in [0.15, 0.2) is 77.7 Å².